The van der Waals surface area contributed by atoms with Crippen LogP contribution in [0.3, 0.4) is 0 Å². The Labute approximate surface area is 144 Å². The number of carbonyl (C=O) groups excluding carboxylic acids is 1. The Balaban J connectivity index is 1.67. The molecule has 132 valence electrons. The van der Waals surface area contributed by atoms with Crippen LogP contribution < -0.4 is 5.32 Å². The number of hydrogen-bond acceptors (Lipinski definition) is 4. The summed E-state index contributed by atoms with van der Waals surface area (Å²) in [7, 11) is -2.99. The lowest BCUT2D eigenvalue weighted by Crippen LogP contribution is -2.47. The minimum absolute atomic E-state index is 0.0277. The van der Waals surface area contributed by atoms with Crippen LogP contribution in [-0.2, 0) is 27.5 Å². The molecule has 1 aromatic carbocycles. The predicted molar refractivity (Wildman–Crippen MR) is 96.0 cm³/mol. The summed E-state index contributed by atoms with van der Waals surface area (Å²) in [6, 6.07) is 5.76. The molecule has 1 aliphatic carbocycles. The Kier molecular flexibility index (Phi) is 4.85. The molecule has 2 atom stereocenters. The lowest BCUT2D eigenvalue weighted by molar-refractivity contribution is -0.133. The Morgan fingerprint density at radius 3 is 2.75 bits per heavy atom. The third kappa shape index (κ3) is 3.58. The van der Waals surface area contributed by atoms with Crippen molar-refractivity contribution in [3.63, 3.8) is 0 Å². The summed E-state index contributed by atoms with van der Waals surface area (Å²) >= 11 is 0. The third-order valence-corrected chi connectivity index (χ3v) is 6.88. The summed E-state index contributed by atoms with van der Waals surface area (Å²) in [4.78, 5) is 14.5. The summed E-state index contributed by atoms with van der Waals surface area (Å²) in [6.07, 6.45) is 4.00. The van der Waals surface area contributed by atoms with Gasteiger partial charge >= 0.3 is 0 Å². The van der Waals surface area contributed by atoms with Crippen LogP contribution in [0.25, 0.3) is 0 Å². The normalized spacial score (nSPS) is 22.8. The first-order valence-electron chi connectivity index (χ1n) is 8.79. The summed E-state index contributed by atoms with van der Waals surface area (Å²) in [5.41, 5.74) is 3.74. The van der Waals surface area contributed by atoms with Gasteiger partial charge in [0.25, 0.3) is 0 Å². The van der Waals surface area contributed by atoms with Gasteiger partial charge in [-0.1, -0.05) is 6.07 Å². The third-order valence-electron chi connectivity index (χ3n) is 5.13. The van der Waals surface area contributed by atoms with E-state index < -0.39 is 9.84 Å². The fourth-order valence-corrected chi connectivity index (χ4v) is 5.57. The van der Waals surface area contributed by atoms with Crippen molar-refractivity contribution in [2.24, 2.45) is 0 Å². The minimum atomic E-state index is -2.99. The molecule has 0 unspecified atom stereocenters. The van der Waals surface area contributed by atoms with Crippen LogP contribution in [0.1, 0.15) is 37.8 Å². The number of hydrogen-bond donors (Lipinski definition) is 1. The highest BCUT2D eigenvalue weighted by Gasteiger charge is 2.35. The molecule has 0 radical (unpaired) electrons. The zero-order valence-corrected chi connectivity index (χ0v) is 15.2. The highest BCUT2D eigenvalue weighted by atomic mass is 32.2. The van der Waals surface area contributed by atoms with Crippen LogP contribution in [0, 0.1) is 0 Å². The topological polar surface area (TPSA) is 66.5 Å². The number of anilines is 1. The molecule has 1 heterocycles. The Hall–Kier alpha value is -1.56. The second-order valence-electron chi connectivity index (χ2n) is 6.88. The highest BCUT2D eigenvalue weighted by molar-refractivity contribution is 7.91. The van der Waals surface area contributed by atoms with Gasteiger partial charge in [-0.2, -0.15) is 0 Å². The summed E-state index contributed by atoms with van der Waals surface area (Å²) in [6.45, 7) is 4.29. The van der Waals surface area contributed by atoms with E-state index in [1.54, 1.807) is 4.90 Å². The Morgan fingerprint density at radius 1 is 1.33 bits per heavy atom. The summed E-state index contributed by atoms with van der Waals surface area (Å²) in [5.74, 6) is 0.256. The van der Waals surface area contributed by atoms with E-state index in [9.17, 15) is 13.2 Å². The van der Waals surface area contributed by atoms with Crippen LogP contribution in [-0.4, -0.2) is 49.4 Å². The highest BCUT2D eigenvalue weighted by Crippen LogP contribution is 2.25. The number of aryl methyl sites for hydroxylation is 2. The molecule has 24 heavy (non-hydrogen) atoms. The first-order chi connectivity index (χ1) is 11.4. The summed E-state index contributed by atoms with van der Waals surface area (Å²) in [5, 5.41) is 3.29. The van der Waals surface area contributed by atoms with Crippen molar-refractivity contribution < 1.29 is 13.2 Å². The molecule has 1 saturated heterocycles. The van der Waals surface area contributed by atoms with E-state index in [2.05, 4.69) is 17.4 Å². The van der Waals surface area contributed by atoms with Gasteiger partial charge < -0.3 is 10.2 Å². The maximum absolute atomic E-state index is 12.8. The van der Waals surface area contributed by atoms with Gasteiger partial charge in [0.15, 0.2) is 9.84 Å². The van der Waals surface area contributed by atoms with E-state index in [1.807, 2.05) is 19.9 Å². The quantitative estimate of drug-likeness (QED) is 0.882. The monoisotopic (exact) mass is 350 g/mol. The standard InChI is InChI=1S/C18H26N2O3S/c1-3-20(17-9-10-24(22,23)12-17)18(21)13(2)19-16-8-7-14-5-4-6-15(14)11-16/h7-8,11,13,17,19H,3-6,9-10,12H2,1-2H3/t13-,17-/m0/s1. The summed E-state index contributed by atoms with van der Waals surface area (Å²) < 4.78 is 23.4. The van der Waals surface area contributed by atoms with Gasteiger partial charge in [0, 0.05) is 18.3 Å². The molecular formula is C18H26N2O3S. The SMILES string of the molecule is CCN(C(=O)[C@H](C)Nc1ccc2c(c1)CCC2)[C@H]1CCS(=O)(=O)C1. The van der Waals surface area contributed by atoms with Crippen molar-refractivity contribution in [2.45, 2.75) is 51.6 Å². The Morgan fingerprint density at radius 2 is 2.08 bits per heavy atom. The molecule has 0 spiro atoms. The molecule has 1 N–H and O–H groups in total. The van der Waals surface area contributed by atoms with Gasteiger partial charge in [0.2, 0.25) is 5.91 Å². The van der Waals surface area contributed by atoms with E-state index in [4.69, 9.17) is 0 Å². The van der Waals surface area contributed by atoms with Gasteiger partial charge in [0.1, 0.15) is 6.04 Å². The van der Waals surface area contributed by atoms with Crippen LogP contribution >= 0.6 is 0 Å². The molecule has 0 saturated carbocycles. The molecular weight excluding hydrogens is 324 g/mol. The van der Waals surface area contributed by atoms with Crippen LogP contribution in [0.5, 0.6) is 0 Å². The van der Waals surface area contributed by atoms with Crippen LogP contribution in [0.4, 0.5) is 5.69 Å². The number of benzene rings is 1. The molecule has 0 aromatic heterocycles. The van der Waals surface area contributed by atoms with E-state index in [0.717, 1.165) is 18.5 Å². The maximum Gasteiger partial charge on any atom is 0.245 e. The molecule has 6 heteroatoms. The molecule has 0 bridgehead atoms. The number of sulfone groups is 1. The van der Waals surface area contributed by atoms with E-state index in [-0.39, 0.29) is 29.5 Å². The molecule has 1 amide bonds. The smallest absolute Gasteiger partial charge is 0.245 e. The average Bonchev–Trinajstić information content (AvgIpc) is 3.13. The van der Waals surface area contributed by atoms with Crippen molar-refractivity contribution in [1.82, 2.24) is 4.90 Å². The molecule has 2 aliphatic rings. The van der Waals surface area contributed by atoms with Crippen molar-refractivity contribution >= 4 is 21.4 Å². The van der Waals surface area contributed by atoms with Crippen molar-refractivity contribution in [2.75, 3.05) is 23.4 Å². The lowest BCUT2D eigenvalue weighted by atomic mass is 10.1. The zero-order valence-electron chi connectivity index (χ0n) is 14.4. The van der Waals surface area contributed by atoms with Gasteiger partial charge in [-0.05, 0) is 62.8 Å². The van der Waals surface area contributed by atoms with Crippen molar-refractivity contribution in [3.05, 3.63) is 29.3 Å². The van der Waals surface area contributed by atoms with Crippen molar-refractivity contribution in [1.29, 1.82) is 0 Å². The van der Waals surface area contributed by atoms with E-state index >= 15 is 0 Å². The minimum Gasteiger partial charge on any atom is -0.374 e. The zero-order chi connectivity index (χ0) is 17.3. The average molecular weight is 350 g/mol. The number of carbonyl (C=O) groups is 1. The van der Waals surface area contributed by atoms with Gasteiger partial charge in [-0.3, -0.25) is 4.79 Å². The molecule has 1 fully saturated rings. The van der Waals surface area contributed by atoms with E-state index in [0.29, 0.717) is 13.0 Å². The second kappa shape index (κ2) is 6.75. The second-order valence-corrected chi connectivity index (χ2v) is 9.11. The first kappa shape index (κ1) is 17.3. The molecule has 1 aromatic rings. The first-order valence-corrected chi connectivity index (χ1v) is 10.6. The number of amides is 1. The Bertz CT molecular complexity index is 730. The fraction of sp³-hybridized carbons (Fsp3) is 0.611. The van der Waals surface area contributed by atoms with Gasteiger partial charge in [-0.25, -0.2) is 8.42 Å². The molecule has 3 rings (SSSR count). The van der Waals surface area contributed by atoms with Crippen molar-refractivity contribution in [3.8, 4) is 0 Å². The molecule has 1 aliphatic heterocycles. The maximum atomic E-state index is 12.8. The number of nitrogens with one attached hydrogen (secondary N) is 1. The largest absolute Gasteiger partial charge is 0.374 e. The lowest BCUT2D eigenvalue weighted by Gasteiger charge is -2.30. The predicted octanol–water partition coefficient (Wildman–Crippen LogP) is 2.01. The molecule has 5 nitrogen and oxygen atoms in total. The number of likely N-dealkylation sites (N-methyl/N-ethyl adjacent to an activating group) is 1. The van der Waals surface area contributed by atoms with E-state index in [1.165, 1.54) is 17.5 Å². The number of nitrogens with zero attached hydrogens (tertiary/aromatic N) is 1. The van der Waals surface area contributed by atoms with Crippen LogP contribution in [0.15, 0.2) is 18.2 Å². The number of rotatable bonds is 5. The fourth-order valence-electron chi connectivity index (χ4n) is 3.84. The van der Waals surface area contributed by atoms with Gasteiger partial charge in [-0.15, -0.1) is 0 Å². The van der Waals surface area contributed by atoms with Crippen LogP contribution in [0.2, 0.25) is 0 Å². The number of fused-ring (bicyclic) bond motifs is 1. The van der Waals surface area contributed by atoms with Gasteiger partial charge in [0.05, 0.1) is 11.5 Å².